The Morgan fingerprint density at radius 2 is 2.46 bits per heavy atom. The van der Waals surface area contributed by atoms with Crippen LogP contribution in [0.3, 0.4) is 0 Å². The predicted molar refractivity (Wildman–Crippen MR) is 48.6 cm³/mol. The van der Waals surface area contributed by atoms with Crippen molar-refractivity contribution >= 4 is 11.9 Å². The summed E-state index contributed by atoms with van der Waals surface area (Å²) in [6, 6.07) is 0.0967. The van der Waals surface area contributed by atoms with E-state index in [1.165, 1.54) is 0 Å². The first-order valence-electron chi connectivity index (χ1n) is 4.52. The number of carbonyl (C=O) groups excluding carboxylic acids is 1. The third-order valence-corrected chi connectivity index (χ3v) is 1.89. The van der Waals surface area contributed by atoms with Crippen LogP contribution in [0, 0.1) is 5.92 Å². The van der Waals surface area contributed by atoms with Gasteiger partial charge < -0.3 is 9.47 Å². The molecule has 0 aromatic heterocycles. The van der Waals surface area contributed by atoms with Crippen LogP contribution < -0.4 is 0 Å². The first-order chi connectivity index (χ1) is 6.15. The van der Waals surface area contributed by atoms with E-state index < -0.39 is 5.97 Å². The Bertz CT molecular complexity index is 223. The number of carbonyl (C=O) groups is 1. The normalized spacial score (nSPS) is 21.2. The van der Waals surface area contributed by atoms with Crippen molar-refractivity contribution in [2.45, 2.75) is 26.8 Å². The van der Waals surface area contributed by atoms with Crippen LogP contribution in [0.25, 0.3) is 0 Å². The number of rotatable bonds is 3. The van der Waals surface area contributed by atoms with Gasteiger partial charge in [0, 0.05) is 0 Å². The van der Waals surface area contributed by atoms with Crippen LogP contribution in [-0.2, 0) is 14.3 Å². The van der Waals surface area contributed by atoms with E-state index in [1.807, 2.05) is 13.8 Å². The van der Waals surface area contributed by atoms with E-state index >= 15 is 0 Å². The van der Waals surface area contributed by atoms with Crippen molar-refractivity contribution in [3.05, 3.63) is 0 Å². The van der Waals surface area contributed by atoms with Crippen molar-refractivity contribution in [3.63, 3.8) is 0 Å². The van der Waals surface area contributed by atoms with E-state index in [0.717, 1.165) is 0 Å². The summed E-state index contributed by atoms with van der Waals surface area (Å²) >= 11 is 0. The maximum Gasteiger partial charge on any atom is 0.393 e. The summed E-state index contributed by atoms with van der Waals surface area (Å²) in [5, 5.41) is 0. The number of nitrogens with zero attached hydrogens (tertiary/aromatic N) is 1. The van der Waals surface area contributed by atoms with E-state index in [2.05, 4.69) is 4.99 Å². The number of hydrogen-bond donors (Lipinski definition) is 0. The minimum Gasteiger partial charge on any atom is -0.470 e. The van der Waals surface area contributed by atoms with E-state index in [1.54, 1.807) is 6.92 Å². The highest BCUT2D eigenvalue weighted by Crippen LogP contribution is 2.13. The molecule has 1 atom stereocenters. The molecule has 0 bridgehead atoms. The van der Waals surface area contributed by atoms with Gasteiger partial charge in [-0.05, 0) is 12.8 Å². The van der Waals surface area contributed by atoms with Crippen LogP contribution in [0.4, 0.5) is 0 Å². The fourth-order valence-electron chi connectivity index (χ4n) is 1.04. The first kappa shape index (κ1) is 10.0. The summed E-state index contributed by atoms with van der Waals surface area (Å²) in [6.07, 6.45) is 0. The predicted octanol–water partition coefficient (Wildman–Crippen LogP) is 1.00. The quantitative estimate of drug-likeness (QED) is 0.616. The molecule has 1 aliphatic rings. The Hall–Kier alpha value is -1.06. The second-order valence-corrected chi connectivity index (χ2v) is 3.28. The van der Waals surface area contributed by atoms with Gasteiger partial charge in [0.15, 0.2) is 0 Å². The highest BCUT2D eigenvalue weighted by atomic mass is 16.6. The SMILES string of the molecule is CCOC(=O)C1=N[C@@H](C(C)C)CO1. The van der Waals surface area contributed by atoms with E-state index in [-0.39, 0.29) is 11.9 Å². The zero-order chi connectivity index (χ0) is 9.84. The highest BCUT2D eigenvalue weighted by Gasteiger charge is 2.26. The summed E-state index contributed by atoms with van der Waals surface area (Å²) < 4.78 is 9.88. The Labute approximate surface area is 77.9 Å². The van der Waals surface area contributed by atoms with Crippen molar-refractivity contribution in [1.82, 2.24) is 0 Å². The lowest BCUT2D eigenvalue weighted by molar-refractivity contribution is -0.136. The van der Waals surface area contributed by atoms with Gasteiger partial charge in [-0.2, -0.15) is 0 Å². The maximum atomic E-state index is 11.1. The molecule has 0 amide bonds. The molecule has 0 fully saturated rings. The molecule has 0 aliphatic carbocycles. The lowest BCUT2D eigenvalue weighted by atomic mass is 10.1. The summed E-state index contributed by atoms with van der Waals surface area (Å²) in [5.41, 5.74) is 0. The van der Waals surface area contributed by atoms with Gasteiger partial charge in [0.1, 0.15) is 6.61 Å². The molecule has 4 heteroatoms. The molecule has 0 saturated heterocycles. The van der Waals surface area contributed by atoms with Gasteiger partial charge in [0.05, 0.1) is 12.6 Å². The monoisotopic (exact) mass is 185 g/mol. The van der Waals surface area contributed by atoms with E-state index in [4.69, 9.17) is 9.47 Å². The minimum absolute atomic E-state index is 0.0967. The second kappa shape index (κ2) is 4.25. The molecule has 0 radical (unpaired) electrons. The van der Waals surface area contributed by atoms with Crippen molar-refractivity contribution in [1.29, 1.82) is 0 Å². The van der Waals surface area contributed by atoms with Gasteiger partial charge >= 0.3 is 5.97 Å². The molecule has 1 heterocycles. The molecule has 1 aliphatic heterocycles. The molecule has 0 unspecified atom stereocenters. The molecule has 0 aromatic rings. The number of ether oxygens (including phenoxy) is 2. The van der Waals surface area contributed by atoms with Crippen molar-refractivity contribution in [2.75, 3.05) is 13.2 Å². The lowest BCUT2D eigenvalue weighted by Gasteiger charge is -2.06. The highest BCUT2D eigenvalue weighted by molar-refractivity contribution is 6.33. The van der Waals surface area contributed by atoms with Gasteiger partial charge in [-0.25, -0.2) is 9.79 Å². The fourth-order valence-corrected chi connectivity index (χ4v) is 1.04. The molecule has 4 nitrogen and oxygen atoms in total. The van der Waals surface area contributed by atoms with Gasteiger partial charge in [-0.1, -0.05) is 13.8 Å². The van der Waals surface area contributed by atoms with Crippen LogP contribution >= 0.6 is 0 Å². The number of esters is 1. The number of hydrogen-bond acceptors (Lipinski definition) is 4. The standard InChI is InChI=1S/C9H15NO3/c1-4-12-9(11)8-10-7(5-13-8)6(2)3/h6-7H,4-5H2,1-3H3/t7-/m1/s1. The third kappa shape index (κ3) is 2.44. The Morgan fingerprint density at radius 1 is 1.77 bits per heavy atom. The Kier molecular flexibility index (Phi) is 3.28. The van der Waals surface area contributed by atoms with Crippen molar-refractivity contribution in [2.24, 2.45) is 10.9 Å². The Balaban J connectivity index is 2.53. The Morgan fingerprint density at radius 3 is 2.92 bits per heavy atom. The van der Waals surface area contributed by atoms with Crippen LogP contribution in [0.2, 0.25) is 0 Å². The second-order valence-electron chi connectivity index (χ2n) is 3.28. The molecular weight excluding hydrogens is 170 g/mol. The van der Waals surface area contributed by atoms with Crippen LogP contribution in [0.1, 0.15) is 20.8 Å². The van der Waals surface area contributed by atoms with Crippen LogP contribution in [0.15, 0.2) is 4.99 Å². The van der Waals surface area contributed by atoms with Gasteiger partial charge in [-0.15, -0.1) is 0 Å². The fraction of sp³-hybridized carbons (Fsp3) is 0.778. The van der Waals surface area contributed by atoms with Crippen LogP contribution in [0.5, 0.6) is 0 Å². The molecule has 0 spiro atoms. The van der Waals surface area contributed by atoms with Crippen LogP contribution in [-0.4, -0.2) is 31.1 Å². The topological polar surface area (TPSA) is 47.9 Å². The maximum absolute atomic E-state index is 11.1. The summed E-state index contributed by atoms with van der Waals surface area (Å²) in [5.74, 6) is 0.0677. The molecular formula is C9H15NO3. The smallest absolute Gasteiger partial charge is 0.393 e. The van der Waals surface area contributed by atoms with Crippen molar-refractivity contribution < 1.29 is 14.3 Å². The zero-order valence-corrected chi connectivity index (χ0v) is 8.24. The average molecular weight is 185 g/mol. The van der Waals surface area contributed by atoms with Gasteiger partial charge in [-0.3, -0.25) is 0 Å². The lowest BCUT2D eigenvalue weighted by Crippen LogP contribution is -2.17. The molecule has 0 N–H and O–H groups in total. The van der Waals surface area contributed by atoms with Gasteiger partial charge in [0.2, 0.25) is 0 Å². The van der Waals surface area contributed by atoms with E-state index in [0.29, 0.717) is 19.1 Å². The summed E-state index contributed by atoms with van der Waals surface area (Å²) in [6.45, 7) is 6.70. The van der Waals surface area contributed by atoms with Crippen molar-refractivity contribution in [3.8, 4) is 0 Å². The van der Waals surface area contributed by atoms with Gasteiger partial charge in [0.25, 0.3) is 5.90 Å². The van der Waals surface area contributed by atoms with E-state index in [9.17, 15) is 4.79 Å². The largest absolute Gasteiger partial charge is 0.470 e. The summed E-state index contributed by atoms with van der Waals surface area (Å²) in [7, 11) is 0. The average Bonchev–Trinajstić information content (AvgIpc) is 2.52. The molecule has 0 aromatic carbocycles. The molecule has 1 rings (SSSR count). The number of aliphatic imine (C=N–C) groups is 1. The third-order valence-electron chi connectivity index (χ3n) is 1.89. The molecule has 74 valence electrons. The molecule has 0 saturated carbocycles. The minimum atomic E-state index is -0.453. The first-order valence-corrected chi connectivity index (χ1v) is 4.52. The zero-order valence-electron chi connectivity index (χ0n) is 8.24. The molecule has 13 heavy (non-hydrogen) atoms. The summed E-state index contributed by atoms with van der Waals surface area (Å²) in [4.78, 5) is 15.3.